The lowest BCUT2D eigenvalue weighted by atomic mass is 10.2. The monoisotopic (exact) mass is 360 g/mol. The molecule has 1 aromatic carbocycles. The minimum atomic E-state index is -0.662. The molecule has 0 unspecified atom stereocenters. The molecule has 0 saturated carbocycles. The van der Waals surface area contributed by atoms with E-state index in [2.05, 4.69) is 10.5 Å². The molecule has 1 aromatic heterocycles. The third-order valence-electron chi connectivity index (χ3n) is 2.88. The Morgan fingerprint density at radius 3 is 2.58 bits per heavy atom. The molecule has 0 radical (unpaired) electrons. The van der Waals surface area contributed by atoms with Gasteiger partial charge in [0.2, 0.25) is 5.76 Å². The molecule has 0 saturated heterocycles. The third-order valence-corrected chi connectivity index (χ3v) is 2.88. The SMILES string of the molecule is COc1cc(/C=N\NC(=O)OC(C)(C)C)ccc1OC(=O)c1ccco1. The highest BCUT2D eigenvalue weighted by Crippen LogP contribution is 2.28. The van der Waals surface area contributed by atoms with E-state index in [9.17, 15) is 9.59 Å². The zero-order valence-electron chi connectivity index (χ0n) is 14.9. The van der Waals surface area contributed by atoms with Gasteiger partial charge in [0.1, 0.15) is 5.60 Å². The number of carbonyl (C=O) groups is 2. The van der Waals surface area contributed by atoms with Gasteiger partial charge in [0, 0.05) is 0 Å². The van der Waals surface area contributed by atoms with Gasteiger partial charge in [0.25, 0.3) is 0 Å². The molecule has 0 aliphatic carbocycles. The minimum absolute atomic E-state index is 0.0826. The number of esters is 1. The van der Waals surface area contributed by atoms with Crippen LogP contribution < -0.4 is 14.9 Å². The van der Waals surface area contributed by atoms with E-state index in [0.29, 0.717) is 11.3 Å². The number of hydrazone groups is 1. The fraction of sp³-hybridized carbons (Fsp3) is 0.278. The number of furan rings is 1. The quantitative estimate of drug-likeness (QED) is 0.380. The van der Waals surface area contributed by atoms with Crippen LogP contribution in [0.25, 0.3) is 0 Å². The summed E-state index contributed by atoms with van der Waals surface area (Å²) in [6.45, 7) is 5.26. The van der Waals surface area contributed by atoms with Crippen molar-refractivity contribution < 1.29 is 28.2 Å². The Morgan fingerprint density at radius 2 is 1.96 bits per heavy atom. The maximum atomic E-state index is 11.9. The Hall–Kier alpha value is -3.29. The maximum absolute atomic E-state index is 11.9. The number of rotatable bonds is 5. The van der Waals surface area contributed by atoms with E-state index in [1.54, 1.807) is 45.0 Å². The molecule has 138 valence electrons. The van der Waals surface area contributed by atoms with Crippen LogP contribution in [-0.4, -0.2) is 31.0 Å². The standard InChI is InChI=1S/C18H20N2O6/c1-18(2,3)26-17(22)20-19-11-12-7-8-13(15(10-12)23-4)25-16(21)14-6-5-9-24-14/h5-11H,1-4H3,(H,20,22)/b19-11-. The molecule has 2 rings (SSSR count). The van der Waals surface area contributed by atoms with Gasteiger partial charge in [-0.2, -0.15) is 5.10 Å². The van der Waals surface area contributed by atoms with Crippen molar-refractivity contribution in [1.29, 1.82) is 0 Å². The van der Waals surface area contributed by atoms with Crippen LogP contribution in [0.2, 0.25) is 0 Å². The first kappa shape index (κ1) is 19.0. The van der Waals surface area contributed by atoms with Crippen molar-refractivity contribution in [2.45, 2.75) is 26.4 Å². The third kappa shape index (κ3) is 5.66. The van der Waals surface area contributed by atoms with Crippen molar-refractivity contribution in [2.75, 3.05) is 7.11 Å². The highest BCUT2D eigenvalue weighted by atomic mass is 16.6. The van der Waals surface area contributed by atoms with Crippen LogP contribution in [0.5, 0.6) is 11.5 Å². The van der Waals surface area contributed by atoms with Crippen molar-refractivity contribution in [1.82, 2.24) is 5.43 Å². The van der Waals surface area contributed by atoms with Crippen molar-refractivity contribution in [3.63, 3.8) is 0 Å². The van der Waals surface area contributed by atoms with Gasteiger partial charge in [0.15, 0.2) is 11.5 Å². The van der Waals surface area contributed by atoms with Crippen LogP contribution in [-0.2, 0) is 4.74 Å². The molecule has 2 aromatic rings. The molecule has 0 spiro atoms. The molecular formula is C18H20N2O6. The summed E-state index contributed by atoms with van der Waals surface area (Å²) in [5, 5.41) is 3.80. The van der Waals surface area contributed by atoms with Crippen molar-refractivity contribution >= 4 is 18.3 Å². The molecule has 0 fully saturated rings. The van der Waals surface area contributed by atoms with E-state index in [-0.39, 0.29) is 11.5 Å². The summed E-state index contributed by atoms with van der Waals surface area (Å²) in [6, 6.07) is 7.89. The minimum Gasteiger partial charge on any atom is -0.493 e. The van der Waals surface area contributed by atoms with E-state index in [1.807, 2.05) is 0 Å². The molecular weight excluding hydrogens is 340 g/mol. The van der Waals surface area contributed by atoms with Gasteiger partial charge in [-0.3, -0.25) is 0 Å². The Balaban J connectivity index is 2.02. The predicted molar refractivity (Wildman–Crippen MR) is 93.6 cm³/mol. The molecule has 0 aliphatic heterocycles. The van der Waals surface area contributed by atoms with E-state index >= 15 is 0 Å². The average Bonchev–Trinajstić information content (AvgIpc) is 3.09. The molecule has 1 N–H and O–H groups in total. The summed E-state index contributed by atoms with van der Waals surface area (Å²) >= 11 is 0. The second-order valence-electron chi connectivity index (χ2n) is 6.15. The maximum Gasteiger partial charge on any atom is 0.428 e. The summed E-state index contributed by atoms with van der Waals surface area (Å²) in [6.07, 6.45) is 2.13. The lowest BCUT2D eigenvalue weighted by Crippen LogP contribution is -2.29. The fourth-order valence-corrected chi connectivity index (χ4v) is 1.85. The van der Waals surface area contributed by atoms with Gasteiger partial charge in [-0.25, -0.2) is 15.0 Å². The van der Waals surface area contributed by atoms with E-state index < -0.39 is 17.7 Å². The number of methoxy groups -OCH3 is 1. The first-order valence-corrected chi connectivity index (χ1v) is 7.74. The summed E-state index contributed by atoms with van der Waals surface area (Å²) in [5.74, 6) is -0.00200. The molecule has 0 bridgehead atoms. The topological polar surface area (TPSA) is 99.4 Å². The second-order valence-corrected chi connectivity index (χ2v) is 6.15. The molecule has 8 heteroatoms. The number of hydrogen-bond acceptors (Lipinski definition) is 7. The average molecular weight is 360 g/mol. The van der Waals surface area contributed by atoms with Crippen LogP contribution >= 0.6 is 0 Å². The molecule has 0 aliphatic rings. The first-order chi connectivity index (χ1) is 12.3. The lowest BCUT2D eigenvalue weighted by Gasteiger charge is -2.18. The Kier molecular flexibility index (Phi) is 6.00. The van der Waals surface area contributed by atoms with Gasteiger partial charge < -0.3 is 18.6 Å². The van der Waals surface area contributed by atoms with Crippen LogP contribution in [0.1, 0.15) is 36.9 Å². The molecule has 8 nitrogen and oxygen atoms in total. The van der Waals surface area contributed by atoms with Crippen LogP contribution in [0.4, 0.5) is 4.79 Å². The van der Waals surface area contributed by atoms with Gasteiger partial charge >= 0.3 is 12.1 Å². The largest absolute Gasteiger partial charge is 0.493 e. The fourth-order valence-electron chi connectivity index (χ4n) is 1.85. The molecule has 0 atom stereocenters. The smallest absolute Gasteiger partial charge is 0.428 e. The molecule has 26 heavy (non-hydrogen) atoms. The predicted octanol–water partition coefficient (Wildman–Crippen LogP) is 3.37. The number of nitrogens with one attached hydrogen (secondary N) is 1. The zero-order chi connectivity index (χ0) is 19.2. The number of hydrogen-bond donors (Lipinski definition) is 1. The Labute approximate surface area is 150 Å². The summed E-state index contributed by atoms with van der Waals surface area (Å²) < 4.78 is 20.5. The second kappa shape index (κ2) is 8.19. The van der Waals surface area contributed by atoms with Crippen LogP contribution in [0, 0.1) is 0 Å². The highest BCUT2D eigenvalue weighted by molar-refractivity contribution is 5.89. The number of amides is 1. The summed E-state index contributed by atoms with van der Waals surface area (Å²) in [7, 11) is 1.44. The molecule has 1 amide bonds. The number of benzene rings is 1. The summed E-state index contributed by atoms with van der Waals surface area (Å²) in [4.78, 5) is 23.5. The zero-order valence-corrected chi connectivity index (χ0v) is 14.9. The van der Waals surface area contributed by atoms with Crippen molar-refractivity contribution in [3.05, 3.63) is 47.9 Å². The first-order valence-electron chi connectivity index (χ1n) is 7.74. The van der Waals surface area contributed by atoms with Crippen molar-refractivity contribution in [3.8, 4) is 11.5 Å². The van der Waals surface area contributed by atoms with Crippen LogP contribution in [0.15, 0.2) is 46.1 Å². The number of ether oxygens (including phenoxy) is 3. The highest BCUT2D eigenvalue weighted by Gasteiger charge is 2.16. The van der Waals surface area contributed by atoms with Crippen LogP contribution in [0.3, 0.4) is 0 Å². The summed E-state index contributed by atoms with van der Waals surface area (Å²) in [5.41, 5.74) is 2.27. The molecule has 1 heterocycles. The van der Waals surface area contributed by atoms with E-state index in [1.165, 1.54) is 25.7 Å². The van der Waals surface area contributed by atoms with Gasteiger partial charge in [-0.15, -0.1) is 0 Å². The van der Waals surface area contributed by atoms with Gasteiger partial charge in [0.05, 0.1) is 19.6 Å². The van der Waals surface area contributed by atoms with Gasteiger partial charge in [-0.05, 0) is 56.7 Å². The Bertz CT molecular complexity index is 791. The van der Waals surface area contributed by atoms with Gasteiger partial charge in [-0.1, -0.05) is 0 Å². The number of carbonyl (C=O) groups excluding carboxylic acids is 2. The lowest BCUT2D eigenvalue weighted by molar-refractivity contribution is 0.0529. The normalized spacial score (nSPS) is 11.2. The number of nitrogens with zero attached hydrogens (tertiary/aromatic N) is 1. The Morgan fingerprint density at radius 1 is 1.19 bits per heavy atom. The van der Waals surface area contributed by atoms with E-state index in [4.69, 9.17) is 18.6 Å². The van der Waals surface area contributed by atoms with Crippen molar-refractivity contribution in [2.24, 2.45) is 5.10 Å². The van der Waals surface area contributed by atoms with E-state index in [0.717, 1.165) is 0 Å².